The first-order valence-corrected chi connectivity index (χ1v) is 5.88. The summed E-state index contributed by atoms with van der Waals surface area (Å²) in [6.45, 7) is 6.91. The zero-order valence-electron chi connectivity index (χ0n) is 11.2. The van der Waals surface area contributed by atoms with E-state index >= 15 is 0 Å². The first-order chi connectivity index (χ1) is 8.06. The zero-order chi connectivity index (χ0) is 12.8. The van der Waals surface area contributed by atoms with E-state index in [0.29, 0.717) is 24.4 Å². The van der Waals surface area contributed by atoms with Gasteiger partial charge in [0.25, 0.3) is 0 Å². The third kappa shape index (κ3) is 4.19. The fourth-order valence-corrected chi connectivity index (χ4v) is 1.29. The van der Waals surface area contributed by atoms with Crippen molar-refractivity contribution in [3.63, 3.8) is 0 Å². The van der Waals surface area contributed by atoms with Crippen LogP contribution in [0.4, 0.5) is 11.6 Å². The van der Waals surface area contributed by atoms with Crippen LogP contribution in [-0.2, 0) is 11.3 Å². The number of hydrogen-bond donors (Lipinski definition) is 2. The lowest BCUT2D eigenvalue weighted by Crippen LogP contribution is -2.22. The second kappa shape index (κ2) is 6.39. The summed E-state index contributed by atoms with van der Waals surface area (Å²) >= 11 is 0. The average Bonchev–Trinajstić information content (AvgIpc) is 2.28. The Balaban J connectivity index is 2.86. The van der Waals surface area contributed by atoms with Gasteiger partial charge in [0.1, 0.15) is 18.2 Å². The molecule has 1 rings (SSSR count). The summed E-state index contributed by atoms with van der Waals surface area (Å²) in [4.78, 5) is 8.71. The molecule has 0 amide bonds. The van der Waals surface area contributed by atoms with Crippen molar-refractivity contribution >= 4 is 11.6 Å². The molecule has 1 aromatic rings. The van der Waals surface area contributed by atoms with Gasteiger partial charge >= 0.3 is 0 Å². The van der Waals surface area contributed by atoms with Crippen LogP contribution < -0.4 is 10.6 Å². The lowest BCUT2D eigenvalue weighted by atomic mass is 10.1. The lowest BCUT2D eigenvalue weighted by Gasteiger charge is -2.18. The first kappa shape index (κ1) is 13.7. The van der Waals surface area contributed by atoms with Gasteiger partial charge in [-0.2, -0.15) is 0 Å². The van der Waals surface area contributed by atoms with Crippen molar-refractivity contribution in [3.8, 4) is 0 Å². The highest BCUT2D eigenvalue weighted by molar-refractivity contribution is 5.47. The van der Waals surface area contributed by atoms with Crippen molar-refractivity contribution in [3.05, 3.63) is 11.9 Å². The van der Waals surface area contributed by atoms with E-state index < -0.39 is 0 Å². The van der Waals surface area contributed by atoms with Gasteiger partial charge in [0, 0.05) is 26.3 Å². The van der Waals surface area contributed by atoms with Crippen LogP contribution in [0.15, 0.2) is 6.07 Å². The molecule has 0 radical (unpaired) electrons. The Bertz CT molecular complexity index is 354. The summed E-state index contributed by atoms with van der Waals surface area (Å²) in [6, 6.07) is 2.27. The minimum atomic E-state index is 0.366. The fourth-order valence-electron chi connectivity index (χ4n) is 1.29. The standard InChI is InChI=1S/C12H22N4O/c1-8(2)9(3)14-11-6-10(13-4)15-12(16-11)7-17-5/h6,8-9H,7H2,1-5H3,(H2,13,14,15,16). The zero-order valence-corrected chi connectivity index (χ0v) is 11.2. The molecule has 0 fully saturated rings. The van der Waals surface area contributed by atoms with Crippen molar-refractivity contribution in [2.24, 2.45) is 5.92 Å². The van der Waals surface area contributed by atoms with E-state index in [1.807, 2.05) is 13.1 Å². The minimum absolute atomic E-state index is 0.366. The molecule has 5 heteroatoms. The molecular weight excluding hydrogens is 216 g/mol. The monoisotopic (exact) mass is 238 g/mol. The molecule has 1 unspecified atom stereocenters. The molecule has 0 saturated heterocycles. The number of nitrogens with one attached hydrogen (secondary N) is 2. The van der Waals surface area contributed by atoms with Crippen LogP contribution in [0.1, 0.15) is 26.6 Å². The van der Waals surface area contributed by atoms with Crippen molar-refractivity contribution < 1.29 is 4.74 Å². The number of methoxy groups -OCH3 is 1. The van der Waals surface area contributed by atoms with Crippen LogP contribution in [0.3, 0.4) is 0 Å². The molecule has 0 aromatic carbocycles. The SMILES string of the molecule is CNc1cc(NC(C)C(C)C)nc(COC)n1. The maximum atomic E-state index is 5.05. The number of ether oxygens (including phenoxy) is 1. The van der Waals surface area contributed by atoms with Crippen molar-refractivity contribution in [2.75, 3.05) is 24.8 Å². The molecular formula is C12H22N4O. The molecule has 0 aliphatic heterocycles. The van der Waals surface area contributed by atoms with Crippen LogP contribution in [0.5, 0.6) is 0 Å². The second-order valence-corrected chi connectivity index (χ2v) is 4.41. The van der Waals surface area contributed by atoms with Crippen LogP contribution in [0.25, 0.3) is 0 Å². The molecule has 1 aromatic heterocycles. The van der Waals surface area contributed by atoms with Gasteiger partial charge in [-0.15, -0.1) is 0 Å². The Kier molecular flexibility index (Phi) is 5.15. The number of anilines is 2. The minimum Gasteiger partial charge on any atom is -0.377 e. The van der Waals surface area contributed by atoms with Gasteiger partial charge in [-0.05, 0) is 12.8 Å². The van der Waals surface area contributed by atoms with E-state index in [1.54, 1.807) is 7.11 Å². The number of rotatable bonds is 6. The summed E-state index contributed by atoms with van der Waals surface area (Å²) < 4.78 is 5.05. The summed E-state index contributed by atoms with van der Waals surface area (Å²) in [6.07, 6.45) is 0. The van der Waals surface area contributed by atoms with E-state index in [1.165, 1.54) is 0 Å². The third-order valence-electron chi connectivity index (χ3n) is 2.68. The highest BCUT2D eigenvalue weighted by Crippen LogP contribution is 2.14. The van der Waals surface area contributed by atoms with E-state index in [0.717, 1.165) is 11.6 Å². The summed E-state index contributed by atoms with van der Waals surface area (Å²) in [7, 11) is 3.48. The maximum absolute atomic E-state index is 5.05. The molecule has 96 valence electrons. The first-order valence-electron chi connectivity index (χ1n) is 5.88. The van der Waals surface area contributed by atoms with Crippen molar-refractivity contribution in [2.45, 2.75) is 33.4 Å². The number of aromatic nitrogens is 2. The van der Waals surface area contributed by atoms with Gasteiger partial charge in [0.15, 0.2) is 5.82 Å². The van der Waals surface area contributed by atoms with Crippen LogP contribution >= 0.6 is 0 Å². The normalized spacial score (nSPS) is 12.6. The topological polar surface area (TPSA) is 59.1 Å². The summed E-state index contributed by atoms with van der Waals surface area (Å²) in [5.74, 6) is 2.86. The Morgan fingerprint density at radius 3 is 2.41 bits per heavy atom. The van der Waals surface area contributed by atoms with Crippen LogP contribution in [0.2, 0.25) is 0 Å². The Morgan fingerprint density at radius 2 is 1.88 bits per heavy atom. The van der Waals surface area contributed by atoms with Gasteiger partial charge in [-0.1, -0.05) is 13.8 Å². The van der Waals surface area contributed by atoms with Gasteiger partial charge in [0.2, 0.25) is 0 Å². The van der Waals surface area contributed by atoms with E-state index in [9.17, 15) is 0 Å². The highest BCUT2D eigenvalue weighted by atomic mass is 16.5. The number of hydrogen-bond acceptors (Lipinski definition) is 5. The smallest absolute Gasteiger partial charge is 0.158 e. The molecule has 1 atom stereocenters. The summed E-state index contributed by atoms with van der Waals surface area (Å²) in [5.41, 5.74) is 0. The van der Waals surface area contributed by atoms with Gasteiger partial charge < -0.3 is 15.4 Å². The predicted molar refractivity (Wildman–Crippen MR) is 70.2 cm³/mol. The highest BCUT2D eigenvalue weighted by Gasteiger charge is 2.09. The Hall–Kier alpha value is -1.36. The summed E-state index contributed by atoms with van der Waals surface area (Å²) in [5, 5.41) is 6.39. The molecule has 0 aliphatic rings. The number of nitrogens with zero attached hydrogens (tertiary/aromatic N) is 2. The van der Waals surface area contributed by atoms with E-state index in [2.05, 4.69) is 41.4 Å². The molecule has 17 heavy (non-hydrogen) atoms. The van der Waals surface area contributed by atoms with Gasteiger partial charge in [-0.3, -0.25) is 0 Å². The average molecular weight is 238 g/mol. The van der Waals surface area contributed by atoms with Crippen LogP contribution in [-0.4, -0.2) is 30.2 Å². The molecule has 5 nitrogen and oxygen atoms in total. The Morgan fingerprint density at radius 1 is 1.24 bits per heavy atom. The molecule has 0 aliphatic carbocycles. The lowest BCUT2D eigenvalue weighted by molar-refractivity contribution is 0.178. The third-order valence-corrected chi connectivity index (χ3v) is 2.68. The Labute approximate surface area is 103 Å². The molecule has 1 heterocycles. The van der Waals surface area contributed by atoms with Crippen LogP contribution in [0, 0.1) is 5.92 Å². The largest absolute Gasteiger partial charge is 0.377 e. The molecule has 0 spiro atoms. The predicted octanol–water partition coefficient (Wildman–Crippen LogP) is 2.12. The molecule has 2 N–H and O–H groups in total. The fraction of sp³-hybridized carbons (Fsp3) is 0.667. The molecule has 0 saturated carbocycles. The van der Waals surface area contributed by atoms with Gasteiger partial charge in [0.05, 0.1) is 0 Å². The van der Waals surface area contributed by atoms with E-state index in [-0.39, 0.29) is 0 Å². The second-order valence-electron chi connectivity index (χ2n) is 4.41. The molecule has 0 bridgehead atoms. The maximum Gasteiger partial charge on any atom is 0.158 e. The van der Waals surface area contributed by atoms with Gasteiger partial charge in [-0.25, -0.2) is 9.97 Å². The van der Waals surface area contributed by atoms with E-state index in [4.69, 9.17) is 4.74 Å². The van der Waals surface area contributed by atoms with Crippen molar-refractivity contribution in [1.29, 1.82) is 0 Å². The van der Waals surface area contributed by atoms with Crippen molar-refractivity contribution in [1.82, 2.24) is 9.97 Å². The quantitative estimate of drug-likeness (QED) is 0.795.